The van der Waals surface area contributed by atoms with Crippen molar-refractivity contribution in [1.82, 2.24) is 19.4 Å². The first-order valence-corrected chi connectivity index (χ1v) is 13.1. The Hall–Kier alpha value is -3.50. The molecule has 0 atom stereocenters. The Morgan fingerprint density at radius 1 is 0.943 bits per heavy atom. The van der Waals surface area contributed by atoms with Crippen molar-refractivity contribution in [2.45, 2.75) is 43.7 Å². The van der Waals surface area contributed by atoms with Crippen molar-refractivity contribution in [3.05, 3.63) is 78.1 Å². The highest BCUT2D eigenvalue weighted by molar-refractivity contribution is 7.89. The van der Waals surface area contributed by atoms with Crippen LogP contribution in [0.15, 0.2) is 71.9 Å². The summed E-state index contributed by atoms with van der Waals surface area (Å²) < 4.78 is 28.3. The van der Waals surface area contributed by atoms with Crippen molar-refractivity contribution < 1.29 is 18.0 Å². The lowest BCUT2D eigenvalue weighted by atomic mass is 10.1. The Morgan fingerprint density at radius 2 is 1.71 bits per heavy atom. The summed E-state index contributed by atoms with van der Waals surface area (Å²) in [7, 11) is -3.43. The third kappa shape index (κ3) is 6.77. The number of carbonyl (C=O) groups excluding carboxylic acids is 2. The lowest BCUT2D eigenvalue weighted by molar-refractivity contribution is -0.121. The minimum atomic E-state index is -3.43. The van der Waals surface area contributed by atoms with E-state index < -0.39 is 10.0 Å². The molecule has 3 aromatic rings. The number of hydrogen-bond acceptors (Lipinski definition) is 5. The Kier molecular flexibility index (Phi) is 7.94. The fourth-order valence-electron chi connectivity index (χ4n) is 3.95. The molecular formula is C25H29N5O4S. The molecule has 4 rings (SSSR count). The molecule has 0 unspecified atom stereocenters. The number of hydrogen-bond donors (Lipinski definition) is 2. The van der Waals surface area contributed by atoms with Crippen LogP contribution >= 0.6 is 0 Å². The van der Waals surface area contributed by atoms with Crippen molar-refractivity contribution in [3.8, 4) is 0 Å². The summed E-state index contributed by atoms with van der Waals surface area (Å²) in [5, 5.41) is 9.73. The summed E-state index contributed by atoms with van der Waals surface area (Å²) in [5.41, 5.74) is 2.42. The quantitative estimate of drug-likeness (QED) is 0.449. The summed E-state index contributed by atoms with van der Waals surface area (Å²) in [6.45, 7) is 1.61. The third-order valence-corrected chi connectivity index (χ3v) is 7.74. The molecule has 1 aliphatic rings. The molecule has 9 nitrogen and oxygen atoms in total. The zero-order chi connectivity index (χ0) is 24.7. The highest BCUT2D eigenvalue weighted by Crippen LogP contribution is 2.21. The first-order valence-electron chi connectivity index (χ1n) is 11.6. The Morgan fingerprint density at radius 3 is 2.43 bits per heavy atom. The van der Waals surface area contributed by atoms with E-state index in [2.05, 4.69) is 15.7 Å². The summed E-state index contributed by atoms with van der Waals surface area (Å²) in [6.07, 6.45) is 5.94. The van der Waals surface area contributed by atoms with Crippen LogP contribution in [0, 0.1) is 0 Å². The molecule has 1 aliphatic heterocycles. The predicted octanol–water partition coefficient (Wildman–Crippen LogP) is 2.56. The highest BCUT2D eigenvalue weighted by atomic mass is 32.2. The number of aromatic nitrogens is 2. The molecule has 10 heteroatoms. The Balaban J connectivity index is 1.23. The highest BCUT2D eigenvalue weighted by Gasteiger charge is 2.26. The van der Waals surface area contributed by atoms with Gasteiger partial charge in [0.1, 0.15) is 6.54 Å². The maximum atomic E-state index is 12.6. The average molecular weight is 496 g/mol. The molecule has 1 fully saturated rings. The third-order valence-electron chi connectivity index (χ3n) is 5.83. The topological polar surface area (TPSA) is 113 Å². The number of nitrogens with zero attached hydrogens (tertiary/aromatic N) is 3. The number of anilines is 1. The van der Waals surface area contributed by atoms with E-state index in [0.29, 0.717) is 43.1 Å². The van der Waals surface area contributed by atoms with Crippen LogP contribution in [0.25, 0.3) is 0 Å². The van der Waals surface area contributed by atoms with Crippen LogP contribution < -0.4 is 10.6 Å². The predicted molar refractivity (Wildman–Crippen MR) is 132 cm³/mol. The van der Waals surface area contributed by atoms with E-state index in [1.807, 2.05) is 18.2 Å². The van der Waals surface area contributed by atoms with E-state index in [-0.39, 0.29) is 18.4 Å². The zero-order valence-corrected chi connectivity index (χ0v) is 20.2. The van der Waals surface area contributed by atoms with Crippen molar-refractivity contribution in [2.75, 3.05) is 18.4 Å². The van der Waals surface area contributed by atoms with Crippen LogP contribution in [0.3, 0.4) is 0 Å². The maximum absolute atomic E-state index is 12.6. The molecule has 0 radical (unpaired) electrons. The van der Waals surface area contributed by atoms with Gasteiger partial charge in [0, 0.05) is 44.1 Å². The number of sulfonamides is 1. The number of benzene rings is 2. The standard InChI is InChI=1S/C25H29N5O4S/c31-24(12-9-20-7-10-23(11-8-20)35(33,34)30-15-1-2-16-30)26-18-21-5-3-6-22(17-21)28-25(32)19-29-14-4-13-27-29/h3-8,10-11,13-14,17H,1-2,9,12,15-16,18-19H2,(H,26,31)(H,28,32). The van der Waals surface area contributed by atoms with Crippen molar-refractivity contribution in [2.24, 2.45) is 0 Å². The molecule has 35 heavy (non-hydrogen) atoms. The van der Waals surface area contributed by atoms with Gasteiger partial charge in [-0.3, -0.25) is 14.3 Å². The molecule has 2 heterocycles. The number of rotatable bonds is 10. The van der Waals surface area contributed by atoms with Crippen LogP contribution in [-0.2, 0) is 39.1 Å². The lowest BCUT2D eigenvalue weighted by Gasteiger charge is -2.15. The van der Waals surface area contributed by atoms with Crippen molar-refractivity contribution in [1.29, 1.82) is 0 Å². The van der Waals surface area contributed by atoms with Crippen LogP contribution in [0.5, 0.6) is 0 Å². The van der Waals surface area contributed by atoms with E-state index in [1.165, 1.54) is 4.31 Å². The second kappa shape index (κ2) is 11.3. The van der Waals surface area contributed by atoms with Gasteiger partial charge in [-0.15, -0.1) is 0 Å². The molecule has 2 amide bonds. The molecule has 184 valence electrons. The SMILES string of the molecule is O=C(CCc1ccc(S(=O)(=O)N2CCCC2)cc1)NCc1cccc(NC(=O)Cn2cccn2)c1. The van der Waals surface area contributed by atoms with Gasteiger partial charge >= 0.3 is 0 Å². The van der Waals surface area contributed by atoms with E-state index in [4.69, 9.17) is 0 Å². The molecular weight excluding hydrogens is 466 g/mol. The minimum absolute atomic E-state index is 0.105. The lowest BCUT2D eigenvalue weighted by Crippen LogP contribution is -2.27. The normalized spacial score (nSPS) is 14.1. The van der Waals surface area contributed by atoms with E-state index in [1.54, 1.807) is 53.5 Å². The zero-order valence-electron chi connectivity index (χ0n) is 19.4. The smallest absolute Gasteiger partial charge is 0.246 e. The van der Waals surface area contributed by atoms with Gasteiger partial charge < -0.3 is 10.6 Å². The van der Waals surface area contributed by atoms with Gasteiger partial charge in [0.15, 0.2) is 0 Å². The average Bonchev–Trinajstić information content (AvgIpc) is 3.57. The first-order chi connectivity index (χ1) is 16.9. The van der Waals surface area contributed by atoms with Gasteiger partial charge in [0.25, 0.3) is 0 Å². The van der Waals surface area contributed by atoms with Crippen LogP contribution in [0.4, 0.5) is 5.69 Å². The molecule has 0 spiro atoms. The fourth-order valence-corrected chi connectivity index (χ4v) is 5.47. The monoisotopic (exact) mass is 495 g/mol. The molecule has 1 aromatic heterocycles. The van der Waals surface area contributed by atoms with Gasteiger partial charge in [-0.2, -0.15) is 9.40 Å². The van der Waals surface area contributed by atoms with Crippen molar-refractivity contribution >= 4 is 27.5 Å². The molecule has 0 bridgehead atoms. The number of carbonyl (C=O) groups is 2. The van der Waals surface area contributed by atoms with E-state index in [9.17, 15) is 18.0 Å². The second-order valence-electron chi connectivity index (χ2n) is 8.48. The summed E-state index contributed by atoms with van der Waals surface area (Å²) in [4.78, 5) is 24.8. The second-order valence-corrected chi connectivity index (χ2v) is 10.4. The molecule has 2 aromatic carbocycles. The van der Waals surface area contributed by atoms with E-state index >= 15 is 0 Å². The van der Waals surface area contributed by atoms with Gasteiger partial charge in [-0.05, 0) is 60.7 Å². The molecule has 0 saturated carbocycles. The maximum Gasteiger partial charge on any atom is 0.246 e. The Bertz CT molecular complexity index is 1250. The number of aryl methyl sites for hydroxylation is 1. The molecule has 2 N–H and O–H groups in total. The van der Waals surface area contributed by atoms with E-state index in [0.717, 1.165) is 24.0 Å². The fraction of sp³-hybridized carbons (Fsp3) is 0.320. The van der Waals surface area contributed by atoms with Gasteiger partial charge in [0.05, 0.1) is 4.90 Å². The van der Waals surface area contributed by atoms with Crippen LogP contribution in [0.2, 0.25) is 0 Å². The van der Waals surface area contributed by atoms with Gasteiger partial charge in [-0.25, -0.2) is 8.42 Å². The molecule has 0 aliphatic carbocycles. The van der Waals surface area contributed by atoms with Gasteiger partial charge in [0.2, 0.25) is 21.8 Å². The largest absolute Gasteiger partial charge is 0.352 e. The van der Waals surface area contributed by atoms with Crippen molar-refractivity contribution in [3.63, 3.8) is 0 Å². The van der Waals surface area contributed by atoms with Crippen LogP contribution in [0.1, 0.15) is 30.4 Å². The number of amides is 2. The summed E-state index contributed by atoms with van der Waals surface area (Å²) in [6, 6.07) is 15.8. The minimum Gasteiger partial charge on any atom is -0.352 e. The summed E-state index contributed by atoms with van der Waals surface area (Å²) in [5.74, 6) is -0.291. The summed E-state index contributed by atoms with van der Waals surface area (Å²) >= 11 is 0. The molecule has 1 saturated heterocycles. The number of nitrogens with one attached hydrogen (secondary N) is 2. The van der Waals surface area contributed by atoms with Gasteiger partial charge in [-0.1, -0.05) is 24.3 Å². The first kappa shape index (κ1) is 24.6. The van der Waals surface area contributed by atoms with Crippen LogP contribution in [-0.4, -0.2) is 47.4 Å². The Labute approximate surface area is 205 Å².